The molecule has 0 aliphatic heterocycles. The molecule has 0 saturated heterocycles. The van der Waals surface area contributed by atoms with E-state index in [1.165, 1.54) is 18.7 Å². The molecular weight excluding hydrogens is 401 g/mol. The van der Waals surface area contributed by atoms with E-state index in [0.717, 1.165) is 34.4 Å². The van der Waals surface area contributed by atoms with E-state index in [-0.39, 0.29) is 12.4 Å². The first kappa shape index (κ1) is 20.3. The van der Waals surface area contributed by atoms with E-state index in [1.54, 1.807) is 6.07 Å². The second-order valence-electron chi connectivity index (χ2n) is 7.20. The number of hydrogen-bond acceptors (Lipinski definition) is 2. The lowest BCUT2D eigenvalue weighted by Gasteiger charge is -2.29. The molecule has 1 aromatic heterocycles. The van der Waals surface area contributed by atoms with Crippen LogP contribution in [-0.2, 0) is 7.05 Å². The van der Waals surface area contributed by atoms with Crippen LogP contribution in [0.5, 0.6) is 0 Å². The van der Waals surface area contributed by atoms with Crippen LogP contribution in [0.2, 0.25) is 10.0 Å². The Balaban J connectivity index is 0.00000210. The Bertz CT molecular complexity index is 963. The predicted molar refractivity (Wildman–Crippen MR) is 119 cm³/mol. The summed E-state index contributed by atoms with van der Waals surface area (Å²) in [5.41, 5.74) is 2.98. The summed E-state index contributed by atoms with van der Waals surface area (Å²) in [6, 6.07) is 12.5. The molecular formula is C21H24Cl3N3. The Morgan fingerprint density at radius 1 is 1.19 bits per heavy atom. The molecule has 1 atom stereocenters. The van der Waals surface area contributed by atoms with E-state index in [4.69, 9.17) is 28.3 Å². The third kappa shape index (κ3) is 3.65. The van der Waals surface area contributed by atoms with Crippen molar-refractivity contribution in [1.29, 1.82) is 0 Å². The summed E-state index contributed by atoms with van der Waals surface area (Å²) in [6.07, 6.45) is 3.82. The fraction of sp³-hybridized carbons (Fsp3) is 0.381. The lowest BCUT2D eigenvalue weighted by Crippen LogP contribution is -2.34. The molecule has 27 heavy (non-hydrogen) atoms. The van der Waals surface area contributed by atoms with Crippen molar-refractivity contribution in [2.24, 2.45) is 13.0 Å². The Kier molecular flexibility index (Phi) is 5.95. The van der Waals surface area contributed by atoms with Crippen LogP contribution in [-0.4, -0.2) is 22.9 Å². The van der Waals surface area contributed by atoms with Gasteiger partial charge in [0.1, 0.15) is 11.3 Å². The van der Waals surface area contributed by atoms with E-state index in [1.807, 2.05) is 23.9 Å². The normalized spacial score (nSPS) is 14.9. The molecule has 1 saturated carbocycles. The van der Waals surface area contributed by atoms with Gasteiger partial charge >= 0.3 is 0 Å². The maximum absolute atomic E-state index is 6.47. The summed E-state index contributed by atoms with van der Waals surface area (Å²) >= 11 is 12.5. The first-order valence-electron chi connectivity index (χ1n) is 9.15. The average Bonchev–Trinajstić information content (AvgIpc) is 3.36. The largest absolute Gasteiger partial charge is 0.356 e. The van der Waals surface area contributed by atoms with Crippen molar-refractivity contribution in [2.75, 3.05) is 11.9 Å². The number of anilines is 1. The molecule has 2 aromatic carbocycles. The molecule has 6 heteroatoms. The lowest BCUT2D eigenvalue weighted by molar-refractivity contribution is 0.533. The molecule has 3 nitrogen and oxygen atoms in total. The molecule has 144 valence electrons. The number of nitrogens with zero attached hydrogens (tertiary/aromatic N) is 3. The van der Waals surface area contributed by atoms with Gasteiger partial charge in [-0.25, -0.2) is 0 Å². The highest BCUT2D eigenvalue weighted by atomic mass is 35.5. The summed E-state index contributed by atoms with van der Waals surface area (Å²) in [5, 5.41) is 7.31. The smallest absolute Gasteiger partial charge is 0.134 e. The maximum atomic E-state index is 6.47. The van der Waals surface area contributed by atoms with Crippen LogP contribution in [0, 0.1) is 5.92 Å². The van der Waals surface area contributed by atoms with Crippen molar-refractivity contribution < 1.29 is 0 Å². The fourth-order valence-electron chi connectivity index (χ4n) is 4.11. The molecule has 0 amide bonds. The minimum Gasteiger partial charge on any atom is -0.356 e. The molecule has 1 aliphatic rings. The summed E-state index contributed by atoms with van der Waals surface area (Å²) in [4.78, 5) is 2.42. The van der Waals surface area contributed by atoms with Gasteiger partial charge < -0.3 is 4.90 Å². The Labute approximate surface area is 176 Å². The van der Waals surface area contributed by atoms with Gasteiger partial charge in [-0.3, -0.25) is 4.68 Å². The van der Waals surface area contributed by atoms with Gasteiger partial charge in [-0.15, -0.1) is 12.4 Å². The zero-order chi connectivity index (χ0) is 18.4. The highest BCUT2D eigenvalue weighted by molar-refractivity contribution is 6.36. The number of benzene rings is 2. The number of halogens is 3. The summed E-state index contributed by atoms with van der Waals surface area (Å²) in [5.74, 6) is 1.98. The molecule has 1 heterocycles. The van der Waals surface area contributed by atoms with E-state index >= 15 is 0 Å². The molecule has 4 rings (SSSR count). The number of hydrogen-bond donors (Lipinski definition) is 0. The number of rotatable bonds is 5. The number of aryl methyl sites for hydroxylation is 1. The third-order valence-corrected chi connectivity index (χ3v) is 6.02. The maximum Gasteiger partial charge on any atom is 0.134 e. The van der Waals surface area contributed by atoms with Crippen molar-refractivity contribution in [1.82, 2.24) is 9.78 Å². The minimum atomic E-state index is 0. The molecule has 0 N–H and O–H groups in total. The molecule has 1 unspecified atom stereocenters. The van der Waals surface area contributed by atoms with Crippen LogP contribution in [0.15, 0.2) is 36.4 Å². The molecule has 1 aliphatic carbocycles. The quantitative estimate of drug-likeness (QED) is 0.460. The standard InChI is InChI=1S/C21H23Cl2N3.ClH/c1-4-19(13-8-9-13)25(2)21-17-7-5-6-16(20(17)24-26(21)3)15-11-10-14(22)12-18(15)23;/h5-7,10-13,19H,4,8-9H2,1-3H3;1H. The van der Waals surface area contributed by atoms with Gasteiger partial charge in [-0.05, 0) is 43.4 Å². The monoisotopic (exact) mass is 423 g/mol. The average molecular weight is 425 g/mol. The highest BCUT2D eigenvalue weighted by Gasteiger charge is 2.34. The minimum absolute atomic E-state index is 0. The van der Waals surface area contributed by atoms with Crippen LogP contribution >= 0.6 is 35.6 Å². The van der Waals surface area contributed by atoms with Crippen molar-refractivity contribution in [3.63, 3.8) is 0 Å². The Morgan fingerprint density at radius 2 is 1.93 bits per heavy atom. The molecule has 0 spiro atoms. The van der Waals surface area contributed by atoms with Crippen molar-refractivity contribution in [2.45, 2.75) is 32.2 Å². The molecule has 1 fully saturated rings. The molecule has 3 aromatic rings. The number of fused-ring (bicyclic) bond motifs is 1. The van der Waals surface area contributed by atoms with Gasteiger partial charge in [0, 0.05) is 46.7 Å². The van der Waals surface area contributed by atoms with Crippen LogP contribution in [0.1, 0.15) is 26.2 Å². The van der Waals surface area contributed by atoms with E-state index in [0.29, 0.717) is 16.1 Å². The van der Waals surface area contributed by atoms with Crippen molar-refractivity contribution in [3.8, 4) is 11.1 Å². The van der Waals surface area contributed by atoms with E-state index in [2.05, 4.69) is 37.1 Å². The van der Waals surface area contributed by atoms with Crippen molar-refractivity contribution in [3.05, 3.63) is 46.4 Å². The second kappa shape index (κ2) is 7.90. The fourth-order valence-corrected chi connectivity index (χ4v) is 4.62. The van der Waals surface area contributed by atoms with Gasteiger partial charge in [0.25, 0.3) is 0 Å². The Hall–Kier alpha value is -1.42. The Morgan fingerprint density at radius 3 is 2.56 bits per heavy atom. The van der Waals surface area contributed by atoms with Gasteiger partial charge in [-0.1, -0.05) is 48.3 Å². The number of aromatic nitrogens is 2. The SMILES string of the molecule is CCC(C1CC1)N(C)c1c2cccc(-c3ccc(Cl)cc3Cl)c2nn1C.Cl. The van der Waals surface area contributed by atoms with Crippen LogP contribution in [0.3, 0.4) is 0 Å². The predicted octanol–water partition coefficient (Wildman–Crippen LogP) is 6.59. The van der Waals surface area contributed by atoms with Gasteiger partial charge in [0.15, 0.2) is 0 Å². The third-order valence-electron chi connectivity index (χ3n) is 5.47. The van der Waals surface area contributed by atoms with E-state index < -0.39 is 0 Å². The van der Waals surface area contributed by atoms with Crippen LogP contribution < -0.4 is 4.90 Å². The summed E-state index contributed by atoms with van der Waals surface area (Å²) in [7, 11) is 4.23. The van der Waals surface area contributed by atoms with Gasteiger partial charge in [0.2, 0.25) is 0 Å². The summed E-state index contributed by atoms with van der Waals surface area (Å²) in [6.45, 7) is 2.27. The first-order valence-corrected chi connectivity index (χ1v) is 9.90. The molecule has 0 bridgehead atoms. The van der Waals surface area contributed by atoms with Crippen molar-refractivity contribution >= 4 is 52.3 Å². The van der Waals surface area contributed by atoms with Gasteiger partial charge in [0.05, 0.1) is 0 Å². The molecule has 0 radical (unpaired) electrons. The highest BCUT2D eigenvalue weighted by Crippen LogP contribution is 2.41. The topological polar surface area (TPSA) is 21.1 Å². The second-order valence-corrected chi connectivity index (χ2v) is 8.04. The first-order chi connectivity index (χ1) is 12.5. The van der Waals surface area contributed by atoms with Crippen LogP contribution in [0.25, 0.3) is 22.0 Å². The zero-order valence-corrected chi connectivity index (χ0v) is 18.1. The van der Waals surface area contributed by atoms with E-state index in [9.17, 15) is 0 Å². The van der Waals surface area contributed by atoms with Gasteiger partial charge in [-0.2, -0.15) is 5.10 Å². The lowest BCUT2D eigenvalue weighted by atomic mass is 10.0. The van der Waals surface area contributed by atoms with Crippen LogP contribution in [0.4, 0.5) is 5.82 Å². The zero-order valence-electron chi connectivity index (χ0n) is 15.7. The summed E-state index contributed by atoms with van der Waals surface area (Å²) < 4.78 is 2.00.